The lowest BCUT2D eigenvalue weighted by Gasteiger charge is -2.07. The summed E-state index contributed by atoms with van der Waals surface area (Å²) in [4.78, 5) is 11.9. The Bertz CT molecular complexity index is 438. The molecule has 1 fully saturated rings. The Morgan fingerprint density at radius 1 is 1.41 bits per heavy atom. The van der Waals surface area contributed by atoms with E-state index in [1.54, 1.807) is 0 Å². The number of hydrogen-bond acceptors (Lipinski definition) is 2. The Morgan fingerprint density at radius 3 is 3.06 bits per heavy atom. The number of rotatable bonds is 2. The average molecular weight is 230 g/mol. The van der Waals surface area contributed by atoms with Crippen molar-refractivity contribution in [2.75, 3.05) is 6.61 Å². The molecule has 0 spiro atoms. The van der Waals surface area contributed by atoms with Gasteiger partial charge in [0.05, 0.1) is 12.5 Å². The van der Waals surface area contributed by atoms with Crippen LogP contribution in [0, 0.1) is 11.8 Å². The molecule has 0 radical (unpaired) electrons. The van der Waals surface area contributed by atoms with E-state index in [4.69, 9.17) is 4.74 Å². The van der Waals surface area contributed by atoms with E-state index < -0.39 is 0 Å². The van der Waals surface area contributed by atoms with Crippen LogP contribution in [0.25, 0.3) is 0 Å². The van der Waals surface area contributed by atoms with Crippen molar-refractivity contribution >= 4 is 5.97 Å². The summed E-state index contributed by atoms with van der Waals surface area (Å²) < 4.78 is 5.17. The zero-order valence-corrected chi connectivity index (χ0v) is 10.2. The van der Waals surface area contributed by atoms with Crippen molar-refractivity contribution in [3.63, 3.8) is 0 Å². The van der Waals surface area contributed by atoms with Gasteiger partial charge in [0, 0.05) is 5.92 Å². The van der Waals surface area contributed by atoms with E-state index in [1.807, 2.05) is 6.92 Å². The SMILES string of the molecule is CCOC(=O)C1[C@H]2c3ccccc3CCC[C@@H]12. The molecule has 2 nitrogen and oxygen atoms in total. The van der Waals surface area contributed by atoms with Gasteiger partial charge in [0.1, 0.15) is 0 Å². The van der Waals surface area contributed by atoms with Gasteiger partial charge in [-0.1, -0.05) is 24.3 Å². The molecule has 0 heterocycles. The molecule has 1 aromatic carbocycles. The summed E-state index contributed by atoms with van der Waals surface area (Å²) in [5, 5.41) is 0. The third kappa shape index (κ3) is 1.76. The minimum Gasteiger partial charge on any atom is -0.466 e. The lowest BCUT2D eigenvalue weighted by atomic mass is 9.99. The van der Waals surface area contributed by atoms with E-state index in [1.165, 1.54) is 30.4 Å². The summed E-state index contributed by atoms with van der Waals surface area (Å²) in [7, 11) is 0. The molecule has 0 aliphatic heterocycles. The quantitative estimate of drug-likeness (QED) is 0.730. The summed E-state index contributed by atoms with van der Waals surface area (Å²) in [6.07, 6.45) is 3.54. The molecule has 1 aromatic rings. The van der Waals surface area contributed by atoms with E-state index in [2.05, 4.69) is 24.3 Å². The number of benzene rings is 1. The molecule has 0 amide bonds. The molecule has 2 aliphatic rings. The van der Waals surface area contributed by atoms with Crippen LogP contribution in [0.15, 0.2) is 24.3 Å². The summed E-state index contributed by atoms with van der Waals surface area (Å²) in [5.74, 6) is 1.13. The van der Waals surface area contributed by atoms with E-state index in [0.717, 1.165) is 0 Å². The van der Waals surface area contributed by atoms with Crippen molar-refractivity contribution in [1.29, 1.82) is 0 Å². The molecule has 0 aromatic heterocycles. The van der Waals surface area contributed by atoms with Crippen molar-refractivity contribution in [2.24, 2.45) is 11.8 Å². The van der Waals surface area contributed by atoms with Crippen LogP contribution in [-0.2, 0) is 16.0 Å². The monoisotopic (exact) mass is 230 g/mol. The predicted molar refractivity (Wildman–Crippen MR) is 65.7 cm³/mol. The maximum atomic E-state index is 11.9. The zero-order chi connectivity index (χ0) is 11.8. The molecule has 17 heavy (non-hydrogen) atoms. The number of carbonyl (C=O) groups excluding carboxylic acids is 1. The van der Waals surface area contributed by atoms with Crippen LogP contribution in [0.4, 0.5) is 0 Å². The van der Waals surface area contributed by atoms with Gasteiger partial charge in [-0.05, 0) is 43.2 Å². The van der Waals surface area contributed by atoms with Crippen LogP contribution in [0.2, 0.25) is 0 Å². The average Bonchev–Trinajstić information content (AvgIpc) is 3.05. The first-order chi connectivity index (χ1) is 8.33. The van der Waals surface area contributed by atoms with Gasteiger partial charge in [-0.25, -0.2) is 0 Å². The molecule has 0 saturated heterocycles. The maximum Gasteiger partial charge on any atom is 0.309 e. The molecule has 1 unspecified atom stereocenters. The summed E-state index contributed by atoms with van der Waals surface area (Å²) in [6.45, 7) is 2.38. The molecule has 0 N–H and O–H groups in total. The number of hydrogen-bond donors (Lipinski definition) is 0. The second kappa shape index (κ2) is 4.17. The fraction of sp³-hybridized carbons (Fsp3) is 0.533. The highest BCUT2D eigenvalue weighted by molar-refractivity contribution is 5.78. The van der Waals surface area contributed by atoms with Crippen molar-refractivity contribution in [3.8, 4) is 0 Å². The second-order valence-electron chi connectivity index (χ2n) is 5.06. The first-order valence-electron chi connectivity index (χ1n) is 6.57. The normalized spacial score (nSPS) is 29.8. The zero-order valence-electron chi connectivity index (χ0n) is 10.2. The van der Waals surface area contributed by atoms with Crippen molar-refractivity contribution in [1.82, 2.24) is 0 Å². The molecule has 3 rings (SSSR count). The number of ether oxygens (including phenoxy) is 1. The van der Waals surface area contributed by atoms with E-state index >= 15 is 0 Å². The van der Waals surface area contributed by atoms with Crippen LogP contribution in [0.3, 0.4) is 0 Å². The predicted octanol–water partition coefficient (Wildman–Crippen LogP) is 2.92. The van der Waals surface area contributed by atoms with Gasteiger partial charge in [-0.2, -0.15) is 0 Å². The standard InChI is InChI=1S/C15H18O2/c1-2-17-15(16)14-12-9-5-7-10-6-3-4-8-11(10)13(12)14/h3-4,6,8,12-14H,2,5,7,9H2,1H3/t12-,13+,14?/m1/s1. The van der Waals surface area contributed by atoms with Gasteiger partial charge >= 0.3 is 5.97 Å². The molecule has 2 aliphatic carbocycles. The van der Waals surface area contributed by atoms with Gasteiger partial charge in [-0.3, -0.25) is 4.79 Å². The van der Waals surface area contributed by atoms with Gasteiger partial charge in [0.25, 0.3) is 0 Å². The smallest absolute Gasteiger partial charge is 0.309 e. The van der Waals surface area contributed by atoms with Gasteiger partial charge in [-0.15, -0.1) is 0 Å². The first-order valence-corrected chi connectivity index (χ1v) is 6.57. The maximum absolute atomic E-state index is 11.9. The molecule has 2 heteroatoms. The van der Waals surface area contributed by atoms with Crippen LogP contribution in [0.1, 0.15) is 36.8 Å². The van der Waals surface area contributed by atoms with Crippen LogP contribution < -0.4 is 0 Å². The topological polar surface area (TPSA) is 26.3 Å². The number of aryl methyl sites for hydroxylation is 1. The highest BCUT2D eigenvalue weighted by atomic mass is 16.5. The fourth-order valence-electron chi connectivity index (χ4n) is 3.33. The third-order valence-electron chi connectivity index (χ3n) is 4.13. The Hall–Kier alpha value is -1.31. The van der Waals surface area contributed by atoms with Crippen LogP contribution >= 0.6 is 0 Å². The Morgan fingerprint density at radius 2 is 2.24 bits per heavy atom. The Balaban J connectivity index is 1.87. The second-order valence-corrected chi connectivity index (χ2v) is 5.06. The minimum absolute atomic E-state index is 0.0132. The molecule has 0 bridgehead atoms. The minimum atomic E-state index is 0.0132. The largest absolute Gasteiger partial charge is 0.466 e. The summed E-state index contributed by atoms with van der Waals surface area (Å²) in [6, 6.07) is 8.58. The molecule has 3 atom stereocenters. The van der Waals surface area contributed by atoms with Crippen LogP contribution in [-0.4, -0.2) is 12.6 Å². The molecule has 90 valence electrons. The lowest BCUT2D eigenvalue weighted by molar-refractivity contribution is -0.145. The van der Waals surface area contributed by atoms with E-state index in [-0.39, 0.29) is 11.9 Å². The van der Waals surface area contributed by atoms with Gasteiger partial charge < -0.3 is 4.74 Å². The Labute approximate surface area is 102 Å². The summed E-state index contributed by atoms with van der Waals surface area (Å²) >= 11 is 0. The first kappa shape index (κ1) is 10.8. The third-order valence-corrected chi connectivity index (χ3v) is 4.13. The fourth-order valence-corrected chi connectivity index (χ4v) is 3.33. The highest BCUT2D eigenvalue weighted by Crippen LogP contribution is 2.59. The molecular weight excluding hydrogens is 212 g/mol. The lowest BCUT2D eigenvalue weighted by Crippen LogP contribution is -2.09. The van der Waals surface area contributed by atoms with Gasteiger partial charge in [0.15, 0.2) is 0 Å². The number of carbonyl (C=O) groups is 1. The van der Waals surface area contributed by atoms with Crippen molar-refractivity contribution in [2.45, 2.75) is 32.1 Å². The van der Waals surface area contributed by atoms with E-state index in [9.17, 15) is 4.79 Å². The highest BCUT2D eigenvalue weighted by Gasteiger charge is 2.56. The number of esters is 1. The van der Waals surface area contributed by atoms with Crippen LogP contribution in [0.5, 0.6) is 0 Å². The number of fused-ring (bicyclic) bond motifs is 3. The van der Waals surface area contributed by atoms with Gasteiger partial charge in [0.2, 0.25) is 0 Å². The van der Waals surface area contributed by atoms with E-state index in [0.29, 0.717) is 18.4 Å². The van der Waals surface area contributed by atoms with Crippen molar-refractivity contribution < 1.29 is 9.53 Å². The van der Waals surface area contributed by atoms with Crippen molar-refractivity contribution in [3.05, 3.63) is 35.4 Å². The summed E-state index contributed by atoms with van der Waals surface area (Å²) in [5.41, 5.74) is 2.83. The Kier molecular flexibility index (Phi) is 2.65. The molecular formula is C15H18O2. The molecule has 1 saturated carbocycles.